The predicted molar refractivity (Wildman–Crippen MR) is 113 cm³/mol. The van der Waals surface area contributed by atoms with Gasteiger partial charge in [-0.1, -0.05) is 52.0 Å². The van der Waals surface area contributed by atoms with E-state index >= 15 is 0 Å². The summed E-state index contributed by atoms with van der Waals surface area (Å²) in [6.45, 7) is 15.0. The van der Waals surface area contributed by atoms with E-state index in [0.717, 1.165) is 25.0 Å². The first kappa shape index (κ1) is 22.9. The van der Waals surface area contributed by atoms with Crippen molar-refractivity contribution >= 4 is 8.32 Å². The minimum absolute atomic E-state index is 0.226. The molecule has 148 valence electrons. The van der Waals surface area contributed by atoms with Crippen LogP contribution in [0.2, 0.25) is 18.1 Å². The fourth-order valence-corrected chi connectivity index (χ4v) is 3.76. The van der Waals surface area contributed by atoms with Gasteiger partial charge in [-0.3, -0.25) is 0 Å². The van der Waals surface area contributed by atoms with Gasteiger partial charge in [0.15, 0.2) is 8.32 Å². The maximum absolute atomic E-state index is 6.62. The maximum Gasteiger partial charge on any atom is 0.192 e. The molecule has 0 unspecified atom stereocenters. The third-order valence-electron chi connectivity index (χ3n) is 5.08. The Kier molecular flexibility index (Phi) is 9.62. The molecule has 0 bridgehead atoms. The highest BCUT2D eigenvalue weighted by Gasteiger charge is 2.38. The van der Waals surface area contributed by atoms with E-state index in [1.807, 2.05) is 24.3 Å². The van der Waals surface area contributed by atoms with Crippen LogP contribution in [0, 0.1) is 0 Å². The van der Waals surface area contributed by atoms with Gasteiger partial charge in [-0.05, 0) is 55.1 Å². The third-order valence-corrected chi connectivity index (χ3v) is 9.62. The number of ether oxygens (including phenoxy) is 2. The van der Waals surface area contributed by atoms with Gasteiger partial charge in [-0.2, -0.15) is 0 Å². The zero-order valence-corrected chi connectivity index (χ0v) is 18.8. The summed E-state index contributed by atoms with van der Waals surface area (Å²) >= 11 is 0. The molecular formula is C22H38O3Si. The molecule has 0 N–H and O–H groups in total. The Bertz CT molecular complexity index is 529. The van der Waals surface area contributed by atoms with Crippen LogP contribution in [0.5, 0.6) is 5.75 Å². The Balaban J connectivity index is 2.52. The Morgan fingerprint density at radius 2 is 1.73 bits per heavy atom. The van der Waals surface area contributed by atoms with E-state index in [1.54, 1.807) is 7.11 Å². The van der Waals surface area contributed by atoms with Crippen LogP contribution in [0.15, 0.2) is 36.4 Å². The van der Waals surface area contributed by atoms with Crippen LogP contribution in [0.1, 0.15) is 52.5 Å². The topological polar surface area (TPSA) is 27.7 Å². The van der Waals surface area contributed by atoms with E-state index in [4.69, 9.17) is 13.9 Å². The predicted octanol–water partition coefficient (Wildman–Crippen LogP) is 6.35. The van der Waals surface area contributed by atoms with Crippen molar-refractivity contribution in [3.8, 4) is 5.75 Å². The second kappa shape index (κ2) is 10.9. The van der Waals surface area contributed by atoms with Crippen LogP contribution >= 0.6 is 0 Å². The summed E-state index contributed by atoms with van der Waals surface area (Å²) in [7, 11) is -0.0846. The zero-order chi connectivity index (χ0) is 19.6. The molecule has 0 saturated heterocycles. The highest BCUT2D eigenvalue weighted by Crippen LogP contribution is 2.38. The van der Waals surface area contributed by atoms with Gasteiger partial charge in [-0.15, -0.1) is 0 Å². The van der Waals surface area contributed by atoms with Crippen LogP contribution in [0.3, 0.4) is 0 Å². The molecule has 0 aliphatic carbocycles. The molecule has 3 nitrogen and oxygen atoms in total. The van der Waals surface area contributed by atoms with E-state index in [-0.39, 0.29) is 11.1 Å². The van der Waals surface area contributed by atoms with Crippen LogP contribution < -0.4 is 4.74 Å². The average molecular weight is 379 g/mol. The average Bonchev–Trinajstić information content (AvgIpc) is 2.58. The lowest BCUT2D eigenvalue weighted by atomic mass is 10.2. The molecule has 1 rings (SSSR count). The van der Waals surface area contributed by atoms with Gasteiger partial charge in [-0.25, -0.2) is 0 Å². The molecule has 1 atom stereocenters. The second-order valence-electron chi connectivity index (χ2n) is 8.30. The van der Waals surface area contributed by atoms with E-state index < -0.39 is 8.32 Å². The lowest BCUT2D eigenvalue weighted by Crippen LogP contribution is -2.44. The normalized spacial score (nSPS) is 14.0. The highest BCUT2D eigenvalue weighted by atomic mass is 28.4. The number of allylic oxidation sites excluding steroid dienone is 1. The van der Waals surface area contributed by atoms with Crippen molar-refractivity contribution in [3.63, 3.8) is 0 Å². The van der Waals surface area contributed by atoms with Crippen LogP contribution in [0.25, 0.3) is 0 Å². The number of hydrogen-bond acceptors (Lipinski definition) is 3. The van der Waals surface area contributed by atoms with Gasteiger partial charge in [0.1, 0.15) is 5.75 Å². The van der Waals surface area contributed by atoms with Crippen molar-refractivity contribution in [2.24, 2.45) is 0 Å². The lowest BCUT2D eigenvalue weighted by Gasteiger charge is -2.39. The minimum Gasteiger partial charge on any atom is -0.497 e. The largest absolute Gasteiger partial charge is 0.497 e. The Hall–Kier alpha value is -1.10. The number of rotatable bonds is 11. The van der Waals surface area contributed by atoms with Gasteiger partial charge in [0.05, 0.1) is 19.8 Å². The van der Waals surface area contributed by atoms with Gasteiger partial charge in [0.25, 0.3) is 0 Å². The standard InChI is InChI=1S/C22H38O3Si/c1-8-9-10-11-21(25-26(6,7)22(2,3)4)16-17-24-18-19-12-14-20(23-5)15-13-19/h9-10,12-15,21H,8,11,16-18H2,1-7H3/b10-9-/t21-/m0/s1. The van der Waals surface area contributed by atoms with Crippen molar-refractivity contribution in [1.82, 2.24) is 0 Å². The minimum atomic E-state index is -1.77. The maximum atomic E-state index is 6.62. The molecular weight excluding hydrogens is 340 g/mol. The molecule has 0 amide bonds. The molecule has 0 saturated carbocycles. The van der Waals surface area contributed by atoms with Crippen LogP contribution in [0.4, 0.5) is 0 Å². The smallest absolute Gasteiger partial charge is 0.192 e. The van der Waals surface area contributed by atoms with Crippen LogP contribution in [-0.2, 0) is 15.8 Å². The van der Waals surface area contributed by atoms with E-state index in [2.05, 4.69) is 52.9 Å². The van der Waals surface area contributed by atoms with Crippen molar-refractivity contribution < 1.29 is 13.9 Å². The van der Waals surface area contributed by atoms with Crippen molar-refractivity contribution in [2.75, 3.05) is 13.7 Å². The van der Waals surface area contributed by atoms with E-state index in [1.165, 1.54) is 5.56 Å². The van der Waals surface area contributed by atoms with E-state index in [9.17, 15) is 0 Å². The lowest BCUT2D eigenvalue weighted by molar-refractivity contribution is 0.0783. The fraction of sp³-hybridized carbons (Fsp3) is 0.636. The molecule has 1 aromatic rings. The Morgan fingerprint density at radius 1 is 1.08 bits per heavy atom. The molecule has 0 heterocycles. The first-order valence-corrected chi connectivity index (χ1v) is 12.6. The number of methoxy groups -OCH3 is 1. The summed E-state index contributed by atoms with van der Waals surface area (Å²) in [5.74, 6) is 0.874. The SMILES string of the molecule is CC/C=C\C[C@@H](CCOCc1ccc(OC)cc1)O[Si](C)(C)C(C)(C)C. The van der Waals surface area contributed by atoms with Crippen molar-refractivity contribution in [1.29, 1.82) is 0 Å². The number of hydrogen-bond donors (Lipinski definition) is 0. The van der Waals surface area contributed by atoms with Crippen molar-refractivity contribution in [2.45, 2.75) is 77.8 Å². The molecule has 0 fully saturated rings. The van der Waals surface area contributed by atoms with Gasteiger partial charge in [0.2, 0.25) is 0 Å². The molecule has 1 aromatic carbocycles. The number of benzene rings is 1. The monoisotopic (exact) mass is 378 g/mol. The molecule has 0 aliphatic rings. The van der Waals surface area contributed by atoms with Crippen LogP contribution in [-0.4, -0.2) is 28.1 Å². The van der Waals surface area contributed by atoms with E-state index in [0.29, 0.717) is 13.2 Å². The second-order valence-corrected chi connectivity index (χ2v) is 13.1. The van der Waals surface area contributed by atoms with Gasteiger partial charge in [0, 0.05) is 6.61 Å². The fourth-order valence-electron chi connectivity index (χ4n) is 2.36. The molecule has 26 heavy (non-hydrogen) atoms. The summed E-state index contributed by atoms with van der Waals surface area (Å²) in [5.41, 5.74) is 1.17. The third kappa shape index (κ3) is 8.06. The Morgan fingerprint density at radius 3 is 2.27 bits per heavy atom. The molecule has 0 aliphatic heterocycles. The summed E-state index contributed by atoms with van der Waals surface area (Å²) < 4.78 is 17.7. The highest BCUT2D eigenvalue weighted by molar-refractivity contribution is 6.74. The first-order chi connectivity index (χ1) is 12.2. The van der Waals surface area contributed by atoms with Crippen molar-refractivity contribution in [3.05, 3.63) is 42.0 Å². The quantitative estimate of drug-likeness (QED) is 0.255. The molecule has 4 heteroatoms. The molecule has 0 radical (unpaired) electrons. The molecule has 0 spiro atoms. The summed E-state index contributed by atoms with van der Waals surface area (Å²) in [6, 6.07) is 8.04. The zero-order valence-electron chi connectivity index (χ0n) is 17.8. The molecule has 0 aromatic heterocycles. The van der Waals surface area contributed by atoms with Gasteiger partial charge >= 0.3 is 0 Å². The Labute approximate surface area is 161 Å². The summed E-state index contributed by atoms with van der Waals surface area (Å²) in [5, 5.41) is 0.226. The van der Waals surface area contributed by atoms with Gasteiger partial charge < -0.3 is 13.9 Å². The first-order valence-electron chi connectivity index (χ1n) is 9.73. The summed E-state index contributed by atoms with van der Waals surface area (Å²) in [6.07, 6.45) is 7.67. The summed E-state index contributed by atoms with van der Waals surface area (Å²) in [4.78, 5) is 0.